The van der Waals surface area contributed by atoms with E-state index in [1.54, 1.807) is 0 Å². The van der Waals surface area contributed by atoms with Crippen molar-refractivity contribution in [3.05, 3.63) is 108 Å². The van der Waals surface area contributed by atoms with Crippen LogP contribution in [0, 0.1) is 5.92 Å². The first-order valence-electron chi connectivity index (χ1n) is 12.1. The van der Waals surface area contributed by atoms with Crippen molar-refractivity contribution in [1.82, 2.24) is 0 Å². The Morgan fingerprint density at radius 3 is 1.71 bits per heavy atom. The van der Waals surface area contributed by atoms with Crippen LogP contribution in [0.5, 0.6) is 0 Å². The quantitative estimate of drug-likeness (QED) is 0.254. The first kappa shape index (κ1) is 21.8. The van der Waals surface area contributed by atoms with Gasteiger partial charge in [0.25, 0.3) is 0 Å². The number of hydrogen-bond donors (Lipinski definition) is 0. The maximum absolute atomic E-state index is 7.49. The Hall–Kier alpha value is -2.38. The molecule has 0 amide bonds. The zero-order chi connectivity index (χ0) is 21.6. The van der Waals surface area contributed by atoms with Gasteiger partial charge in [-0.2, -0.15) is 0 Å². The lowest BCUT2D eigenvalue weighted by molar-refractivity contribution is -0.134. The van der Waals surface area contributed by atoms with E-state index >= 15 is 0 Å². The Labute approximate surface area is 188 Å². The highest BCUT2D eigenvalue weighted by molar-refractivity contribution is 5.47. The molecule has 4 rings (SSSR count). The van der Waals surface area contributed by atoms with Crippen molar-refractivity contribution in [2.75, 3.05) is 0 Å². The van der Waals surface area contributed by atoms with Crippen molar-refractivity contribution < 1.29 is 4.74 Å². The van der Waals surface area contributed by atoms with Gasteiger partial charge in [0.1, 0.15) is 5.60 Å². The van der Waals surface area contributed by atoms with Crippen molar-refractivity contribution in [2.45, 2.75) is 70.0 Å². The number of unbranched alkanes of at least 4 members (excludes halogenated alkanes) is 2. The summed E-state index contributed by atoms with van der Waals surface area (Å²) in [6.45, 7) is 4.66. The van der Waals surface area contributed by atoms with Crippen LogP contribution < -0.4 is 0 Å². The van der Waals surface area contributed by atoms with E-state index in [1.165, 1.54) is 55.2 Å². The number of benzene rings is 3. The van der Waals surface area contributed by atoms with Crippen molar-refractivity contribution in [3.63, 3.8) is 0 Å². The minimum Gasteiger partial charge on any atom is -0.354 e. The first-order valence-corrected chi connectivity index (χ1v) is 12.1. The third kappa shape index (κ3) is 4.48. The normalized spacial score (nSPS) is 21.3. The zero-order valence-corrected chi connectivity index (χ0v) is 19.1. The summed E-state index contributed by atoms with van der Waals surface area (Å²) in [5.74, 6) is 0.606. The molecule has 0 N–H and O–H groups in total. The molecule has 1 heteroatoms. The molecule has 0 aliphatic heterocycles. The summed E-state index contributed by atoms with van der Waals surface area (Å²) in [6.07, 6.45) is 8.79. The molecule has 0 radical (unpaired) electrons. The minimum absolute atomic E-state index is 0.144. The monoisotopic (exact) mass is 412 g/mol. The predicted molar refractivity (Wildman–Crippen MR) is 130 cm³/mol. The van der Waals surface area contributed by atoms with Crippen LogP contribution in [0.2, 0.25) is 0 Å². The van der Waals surface area contributed by atoms with E-state index in [0.29, 0.717) is 5.92 Å². The Morgan fingerprint density at radius 2 is 1.26 bits per heavy atom. The van der Waals surface area contributed by atoms with Crippen molar-refractivity contribution in [3.8, 4) is 0 Å². The zero-order valence-electron chi connectivity index (χ0n) is 19.1. The van der Waals surface area contributed by atoms with Crippen LogP contribution in [0.15, 0.2) is 91.0 Å². The minimum atomic E-state index is -0.619. The molecule has 2 atom stereocenters. The molecule has 3 aromatic rings. The second-order valence-electron chi connectivity index (χ2n) is 9.28. The molecule has 1 fully saturated rings. The molecular weight excluding hydrogens is 376 g/mol. The van der Waals surface area contributed by atoms with Gasteiger partial charge in [0, 0.05) is 0 Å². The van der Waals surface area contributed by atoms with Gasteiger partial charge in [-0.05, 0) is 48.8 Å². The highest BCUT2D eigenvalue weighted by atomic mass is 16.5. The van der Waals surface area contributed by atoms with Crippen molar-refractivity contribution in [2.24, 2.45) is 5.92 Å². The fourth-order valence-electron chi connectivity index (χ4n) is 5.48. The topological polar surface area (TPSA) is 9.23 Å². The molecule has 162 valence electrons. The molecule has 0 bridgehead atoms. The summed E-state index contributed by atoms with van der Waals surface area (Å²) >= 11 is 0. The smallest absolute Gasteiger partial charge is 0.144 e. The SMILES string of the molecule is CCCCCC1CCCC1(C)OC(c1ccccc1)(c1ccccc1)c1ccccc1. The highest BCUT2D eigenvalue weighted by Crippen LogP contribution is 2.50. The van der Waals surface area contributed by atoms with Gasteiger partial charge in [-0.25, -0.2) is 0 Å². The lowest BCUT2D eigenvalue weighted by Crippen LogP contribution is -2.45. The lowest BCUT2D eigenvalue weighted by Gasteiger charge is -2.45. The largest absolute Gasteiger partial charge is 0.354 e. The first-order chi connectivity index (χ1) is 15.2. The van der Waals surface area contributed by atoms with Gasteiger partial charge in [-0.3, -0.25) is 0 Å². The summed E-state index contributed by atoms with van der Waals surface area (Å²) in [7, 11) is 0. The molecule has 3 aromatic carbocycles. The van der Waals surface area contributed by atoms with E-state index in [-0.39, 0.29) is 5.60 Å². The van der Waals surface area contributed by atoms with Crippen LogP contribution in [0.3, 0.4) is 0 Å². The summed E-state index contributed by atoms with van der Waals surface area (Å²) in [5, 5.41) is 0. The predicted octanol–water partition coefficient (Wildman–Crippen LogP) is 8.13. The van der Waals surface area contributed by atoms with E-state index in [0.717, 1.165) is 6.42 Å². The molecule has 0 heterocycles. The van der Waals surface area contributed by atoms with Crippen LogP contribution in [-0.2, 0) is 10.3 Å². The molecule has 31 heavy (non-hydrogen) atoms. The summed E-state index contributed by atoms with van der Waals surface area (Å²) in [6, 6.07) is 32.4. The van der Waals surface area contributed by atoms with Gasteiger partial charge >= 0.3 is 0 Å². The third-order valence-electron chi connectivity index (χ3n) is 7.17. The van der Waals surface area contributed by atoms with Crippen molar-refractivity contribution in [1.29, 1.82) is 0 Å². The van der Waals surface area contributed by atoms with Gasteiger partial charge in [-0.1, -0.05) is 124 Å². The summed E-state index contributed by atoms with van der Waals surface area (Å²) in [5.41, 5.74) is 2.84. The van der Waals surface area contributed by atoms with Crippen LogP contribution in [-0.4, -0.2) is 5.60 Å². The molecule has 2 unspecified atom stereocenters. The molecule has 1 nitrogen and oxygen atoms in total. The Kier molecular flexibility index (Phi) is 6.92. The van der Waals surface area contributed by atoms with Crippen LogP contribution >= 0.6 is 0 Å². The third-order valence-corrected chi connectivity index (χ3v) is 7.17. The molecular formula is C30H36O. The number of rotatable bonds is 9. The maximum Gasteiger partial charge on any atom is 0.144 e. The lowest BCUT2D eigenvalue weighted by atomic mass is 9.78. The Morgan fingerprint density at radius 1 is 0.774 bits per heavy atom. The number of hydrogen-bond acceptors (Lipinski definition) is 1. The molecule has 1 aliphatic rings. The van der Waals surface area contributed by atoms with Gasteiger partial charge in [0.15, 0.2) is 0 Å². The molecule has 0 saturated heterocycles. The average molecular weight is 413 g/mol. The molecule has 1 aliphatic carbocycles. The highest BCUT2D eigenvalue weighted by Gasteiger charge is 2.48. The maximum atomic E-state index is 7.49. The van der Waals surface area contributed by atoms with E-state index < -0.39 is 5.60 Å². The van der Waals surface area contributed by atoms with Crippen LogP contribution in [0.25, 0.3) is 0 Å². The summed E-state index contributed by atoms with van der Waals surface area (Å²) < 4.78 is 7.49. The standard InChI is InChI=1S/C30H36O/c1-3-4-8-16-25-23-15-24-29(25,2)31-30(26-17-9-5-10-18-26,27-19-11-6-12-20-27)28-21-13-7-14-22-28/h5-7,9-14,17-22,25H,3-4,8,15-16,23-24H2,1-2H3. The van der Waals surface area contributed by atoms with E-state index in [1.807, 2.05) is 0 Å². The van der Waals surface area contributed by atoms with E-state index in [2.05, 4.69) is 105 Å². The van der Waals surface area contributed by atoms with Gasteiger partial charge in [0.05, 0.1) is 5.60 Å². The molecule has 1 saturated carbocycles. The molecule has 0 spiro atoms. The van der Waals surface area contributed by atoms with Gasteiger partial charge in [0.2, 0.25) is 0 Å². The second kappa shape index (κ2) is 9.83. The summed E-state index contributed by atoms with van der Waals surface area (Å²) in [4.78, 5) is 0. The average Bonchev–Trinajstić information content (AvgIpc) is 3.19. The van der Waals surface area contributed by atoms with E-state index in [9.17, 15) is 0 Å². The Bertz CT molecular complexity index is 822. The fourth-order valence-corrected chi connectivity index (χ4v) is 5.48. The Balaban J connectivity index is 1.84. The number of ether oxygens (including phenoxy) is 1. The van der Waals surface area contributed by atoms with Crippen LogP contribution in [0.1, 0.15) is 75.5 Å². The van der Waals surface area contributed by atoms with Gasteiger partial charge in [-0.15, -0.1) is 0 Å². The van der Waals surface area contributed by atoms with Crippen LogP contribution in [0.4, 0.5) is 0 Å². The fraction of sp³-hybridized carbons (Fsp3) is 0.400. The van der Waals surface area contributed by atoms with E-state index in [4.69, 9.17) is 4.74 Å². The van der Waals surface area contributed by atoms with Crippen molar-refractivity contribution >= 4 is 0 Å². The van der Waals surface area contributed by atoms with Gasteiger partial charge < -0.3 is 4.74 Å². The second-order valence-corrected chi connectivity index (χ2v) is 9.28. The molecule has 0 aromatic heterocycles.